The number of hydrogen-bond acceptors (Lipinski definition) is 5. The van der Waals surface area contributed by atoms with Crippen LogP contribution < -0.4 is 16.4 Å². The highest BCUT2D eigenvalue weighted by atomic mass is 35.5. The summed E-state index contributed by atoms with van der Waals surface area (Å²) in [6.07, 6.45) is -0.583. The Hall–Kier alpha value is -2.32. The van der Waals surface area contributed by atoms with E-state index in [1.165, 1.54) is 11.9 Å². The van der Waals surface area contributed by atoms with Gasteiger partial charge in [0.2, 0.25) is 11.8 Å². The monoisotopic (exact) mass is 358 g/mol. The molecule has 1 aromatic carbocycles. The number of halogens is 1. The molecular weight excluding hydrogens is 336 g/mol. The number of ether oxygens (including phenoxy) is 1. The molecule has 134 valence electrons. The smallest absolute Gasteiger partial charge is 0.410 e. The minimum Gasteiger partial charge on any atom is -0.445 e. The topological polar surface area (TPSA) is 114 Å². The summed E-state index contributed by atoms with van der Waals surface area (Å²) in [5, 5.41) is 5.10. The van der Waals surface area contributed by atoms with Gasteiger partial charge in [-0.1, -0.05) is 30.3 Å². The summed E-state index contributed by atoms with van der Waals surface area (Å²) in [5.41, 5.74) is 6.00. The molecule has 24 heavy (non-hydrogen) atoms. The standard InChI is InChI=1S/C15H22N4O4.ClH/c1-19(10-14(21)18-8-7-17-13(20)9-16)15(22)23-11-12-5-3-2-4-6-12;/h2-6H,7-11,16H2,1H3,(H,17,20)(H,18,21);1H. The van der Waals surface area contributed by atoms with Gasteiger partial charge in [0.15, 0.2) is 0 Å². The third kappa shape index (κ3) is 8.96. The number of benzene rings is 1. The van der Waals surface area contributed by atoms with Crippen LogP contribution in [0, 0.1) is 0 Å². The van der Waals surface area contributed by atoms with Gasteiger partial charge in [-0.15, -0.1) is 12.4 Å². The van der Waals surface area contributed by atoms with Crippen LogP contribution in [0.5, 0.6) is 0 Å². The van der Waals surface area contributed by atoms with Crippen molar-refractivity contribution in [2.45, 2.75) is 6.61 Å². The zero-order valence-electron chi connectivity index (χ0n) is 13.5. The second-order valence-corrected chi connectivity index (χ2v) is 4.80. The van der Waals surface area contributed by atoms with E-state index in [0.717, 1.165) is 5.56 Å². The van der Waals surface area contributed by atoms with Gasteiger partial charge in [-0.05, 0) is 5.56 Å². The number of likely N-dealkylation sites (N-methyl/N-ethyl adjacent to an activating group) is 1. The molecule has 0 aliphatic rings. The average Bonchev–Trinajstić information content (AvgIpc) is 2.57. The van der Waals surface area contributed by atoms with Crippen molar-refractivity contribution in [3.63, 3.8) is 0 Å². The Balaban J connectivity index is 0.00000529. The number of nitrogens with one attached hydrogen (secondary N) is 2. The van der Waals surface area contributed by atoms with Gasteiger partial charge in [-0.3, -0.25) is 9.59 Å². The van der Waals surface area contributed by atoms with E-state index in [1.54, 1.807) is 0 Å². The summed E-state index contributed by atoms with van der Waals surface area (Å²) in [6.45, 7) is 0.473. The van der Waals surface area contributed by atoms with Crippen molar-refractivity contribution in [3.8, 4) is 0 Å². The van der Waals surface area contributed by atoms with Gasteiger partial charge in [-0.2, -0.15) is 0 Å². The summed E-state index contributed by atoms with van der Waals surface area (Å²) in [4.78, 5) is 35.5. The van der Waals surface area contributed by atoms with Crippen LogP contribution in [0.25, 0.3) is 0 Å². The maximum atomic E-state index is 11.8. The van der Waals surface area contributed by atoms with Gasteiger partial charge in [0, 0.05) is 20.1 Å². The van der Waals surface area contributed by atoms with E-state index in [-0.39, 0.29) is 57.0 Å². The lowest BCUT2D eigenvalue weighted by Gasteiger charge is -2.16. The van der Waals surface area contributed by atoms with E-state index in [1.807, 2.05) is 30.3 Å². The molecule has 1 aromatic rings. The zero-order chi connectivity index (χ0) is 17.1. The van der Waals surface area contributed by atoms with E-state index >= 15 is 0 Å². The highest BCUT2D eigenvalue weighted by Crippen LogP contribution is 2.02. The molecule has 9 heteroatoms. The summed E-state index contributed by atoms with van der Waals surface area (Å²) < 4.78 is 5.10. The van der Waals surface area contributed by atoms with Gasteiger partial charge in [0.1, 0.15) is 13.2 Å². The van der Waals surface area contributed by atoms with Crippen molar-refractivity contribution in [1.29, 1.82) is 0 Å². The Kier molecular flexibility index (Phi) is 11.0. The molecule has 0 aromatic heterocycles. The molecule has 1 rings (SSSR count). The number of amides is 3. The maximum Gasteiger partial charge on any atom is 0.410 e. The lowest BCUT2D eigenvalue weighted by atomic mass is 10.2. The highest BCUT2D eigenvalue weighted by Gasteiger charge is 2.13. The largest absolute Gasteiger partial charge is 0.445 e. The predicted octanol–water partition coefficient (Wildman–Crippen LogP) is -0.132. The van der Waals surface area contributed by atoms with Crippen molar-refractivity contribution in [2.75, 3.05) is 33.2 Å². The number of rotatable bonds is 8. The van der Waals surface area contributed by atoms with Crippen LogP contribution in [0.15, 0.2) is 30.3 Å². The van der Waals surface area contributed by atoms with Crippen molar-refractivity contribution in [1.82, 2.24) is 15.5 Å². The van der Waals surface area contributed by atoms with Crippen molar-refractivity contribution < 1.29 is 19.1 Å². The molecule has 8 nitrogen and oxygen atoms in total. The van der Waals surface area contributed by atoms with E-state index < -0.39 is 6.09 Å². The second-order valence-electron chi connectivity index (χ2n) is 4.80. The molecule has 3 amide bonds. The minimum atomic E-state index is -0.583. The first kappa shape index (κ1) is 21.7. The fourth-order valence-corrected chi connectivity index (χ4v) is 1.64. The quantitative estimate of drug-likeness (QED) is 0.560. The predicted molar refractivity (Wildman–Crippen MR) is 91.6 cm³/mol. The average molecular weight is 359 g/mol. The molecule has 0 fully saturated rings. The zero-order valence-corrected chi connectivity index (χ0v) is 14.3. The van der Waals surface area contributed by atoms with Crippen LogP contribution in [-0.4, -0.2) is 56.0 Å². The lowest BCUT2D eigenvalue weighted by Crippen LogP contribution is -2.42. The Bertz CT molecular complexity index is 527. The van der Waals surface area contributed by atoms with Crippen LogP contribution >= 0.6 is 12.4 Å². The fraction of sp³-hybridized carbons (Fsp3) is 0.400. The van der Waals surface area contributed by atoms with Crippen LogP contribution in [0.1, 0.15) is 5.56 Å². The molecule has 0 unspecified atom stereocenters. The Morgan fingerprint density at radius 3 is 2.25 bits per heavy atom. The van der Waals surface area contributed by atoms with Gasteiger partial charge in [0.25, 0.3) is 0 Å². The Labute approximate surface area is 147 Å². The number of hydrogen-bond donors (Lipinski definition) is 3. The molecule has 0 bridgehead atoms. The van der Waals surface area contributed by atoms with E-state index in [4.69, 9.17) is 10.5 Å². The molecular formula is C15H23ClN4O4. The van der Waals surface area contributed by atoms with E-state index in [9.17, 15) is 14.4 Å². The Morgan fingerprint density at radius 1 is 1.08 bits per heavy atom. The first-order valence-electron chi connectivity index (χ1n) is 7.18. The summed E-state index contributed by atoms with van der Waals surface area (Å²) in [6, 6.07) is 9.26. The molecule has 0 aliphatic heterocycles. The molecule has 0 radical (unpaired) electrons. The van der Waals surface area contributed by atoms with Crippen molar-refractivity contribution in [3.05, 3.63) is 35.9 Å². The normalized spacial score (nSPS) is 9.42. The first-order chi connectivity index (χ1) is 11.0. The third-order valence-corrected chi connectivity index (χ3v) is 2.85. The van der Waals surface area contributed by atoms with Crippen molar-refractivity contribution >= 4 is 30.3 Å². The highest BCUT2D eigenvalue weighted by molar-refractivity contribution is 5.85. The molecule has 0 atom stereocenters. The molecule has 0 spiro atoms. The van der Waals surface area contributed by atoms with Gasteiger partial charge < -0.3 is 26.0 Å². The van der Waals surface area contributed by atoms with E-state index in [0.29, 0.717) is 0 Å². The summed E-state index contributed by atoms with van der Waals surface area (Å²) >= 11 is 0. The minimum absolute atomic E-state index is 0. The van der Waals surface area contributed by atoms with Crippen LogP contribution in [-0.2, 0) is 20.9 Å². The van der Waals surface area contributed by atoms with Crippen LogP contribution in [0.3, 0.4) is 0 Å². The lowest BCUT2D eigenvalue weighted by molar-refractivity contribution is -0.122. The van der Waals surface area contributed by atoms with Crippen LogP contribution in [0.2, 0.25) is 0 Å². The molecule has 0 saturated heterocycles. The summed E-state index contributed by atoms with van der Waals surface area (Å²) in [7, 11) is 1.48. The number of nitrogens with two attached hydrogens (primary N) is 1. The van der Waals surface area contributed by atoms with Crippen molar-refractivity contribution in [2.24, 2.45) is 5.73 Å². The molecule has 4 N–H and O–H groups in total. The summed E-state index contributed by atoms with van der Waals surface area (Å²) in [5.74, 6) is -0.632. The van der Waals surface area contributed by atoms with Gasteiger partial charge >= 0.3 is 6.09 Å². The number of carbonyl (C=O) groups excluding carboxylic acids is 3. The van der Waals surface area contributed by atoms with Gasteiger partial charge in [-0.25, -0.2) is 4.79 Å². The Morgan fingerprint density at radius 2 is 1.67 bits per heavy atom. The number of nitrogens with zero attached hydrogens (tertiary/aromatic N) is 1. The van der Waals surface area contributed by atoms with Crippen LogP contribution in [0.4, 0.5) is 4.79 Å². The third-order valence-electron chi connectivity index (χ3n) is 2.85. The van der Waals surface area contributed by atoms with Gasteiger partial charge in [0.05, 0.1) is 6.54 Å². The molecule has 0 heterocycles. The second kappa shape index (κ2) is 12.1. The van der Waals surface area contributed by atoms with E-state index in [2.05, 4.69) is 10.6 Å². The SMILES string of the molecule is CN(CC(=O)NCCNC(=O)CN)C(=O)OCc1ccccc1.Cl. The molecule has 0 saturated carbocycles. The number of carbonyl (C=O) groups is 3. The molecule has 0 aliphatic carbocycles. The maximum absolute atomic E-state index is 11.8. The first-order valence-corrected chi connectivity index (χ1v) is 7.18. The fourth-order valence-electron chi connectivity index (χ4n) is 1.64.